The van der Waals surface area contributed by atoms with Gasteiger partial charge in [-0.2, -0.15) is 5.26 Å². The molecule has 0 bridgehead atoms. The number of carbonyl (C=O) groups excluding carboxylic acids is 2. The maximum absolute atomic E-state index is 12.1. The van der Waals surface area contributed by atoms with Crippen molar-refractivity contribution in [1.82, 2.24) is 5.32 Å². The van der Waals surface area contributed by atoms with Crippen molar-refractivity contribution >= 4 is 23.5 Å². The van der Waals surface area contributed by atoms with E-state index in [0.717, 1.165) is 0 Å². The Morgan fingerprint density at radius 3 is 2.57 bits per heavy atom. The number of methoxy groups -OCH3 is 1. The molecule has 0 aliphatic carbocycles. The summed E-state index contributed by atoms with van der Waals surface area (Å²) in [5.74, 6) is -0.850. The highest BCUT2D eigenvalue weighted by molar-refractivity contribution is 6.30. The Labute approximate surface area is 128 Å². The standard InChI is InChI=1S/C15H17ClN2O3/c1-21-15(20)13(5-3-2-4-10-17)18-14(19)11-6-8-12(16)9-7-11/h6-9,13H,2-5H2,1H3,(H,18,19)/t13-/m1/s1. The Balaban J connectivity index is 2.63. The van der Waals surface area contributed by atoms with Crippen LogP contribution < -0.4 is 5.32 Å². The molecule has 1 aromatic carbocycles. The molecule has 5 nitrogen and oxygen atoms in total. The first-order valence-corrected chi connectivity index (χ1v) is 6.97. The van der Waals surface area contributed by atoms with Gasteiger partial charge in [-0.1, -0.05) is 11.6 Å². The summed E-state index contributed by atoms with van der Waals surface area (Å²) in [4.78, 5) is 23.7. The first kappa shape index (κ1) is 17.0. The summed E-state index contributed by atoms with van der Waals surface area (Å²) < 4.78 is 4.69. The molecule has 1 rings (SSSR count). The number of benzene rings is 1. The lowest BCUT2D eigenvalue weighted by atomic mass is 10.1. The van der Waals surface area contributed by atoms with Crippen molar-refractivity contribution in [2.24, 2.45) is 0 Å². The normalized spacial score (nSPS) is 11.3. The van der Waals surface area contributed by atoms with Crippen molar-refractivity contribution in [1.29, 1.82) is 5.26 Å². The van der Waals surface area contributed by atoms with Crippen LogP contribution in [0.2, 0.25) is 5.02 Å². The maximum atomic E-state index is 12.1. The summed E-state index contributed by atoms with van der Waals surface area (Å²) in [6.07, 6.45) is 2.21. The molecule has 0 aliphatic rings. The molecule has 0 spiro atoms. The topological polar surface area (TPSA) is 79.2 Å². The van der Waals surface area contributed by atoms with Gasteiger partial charge < -0.3 is 10.1 Å². The van der Waals surface area contributed by atoms with Crippen LogP contribution in [0.1, 0.15) is 36.0 Å². The fourth-order valence-corrected chi connectivity index (χ4v) is 1.91. The molecule has 1 atom stereocenters. The van der Waals surface area contributed by atoms with Gasteiger partial charge in [0.25, 0.3) is 5.91 Å². The number of carbonyl (C=O) groups is 2. The molecule has 21 heavy (non-hydrogen) atoms. The zero-order chi connectivity index (χ0) is 15.7. The van der Waals surface area contributed by atoms with Gasteiger partial charge in [-0.05, 0) is 43.5 Å². The van der Waals surface area contributed by atoms with E-state index in [0.29, 0.717) is 36.3 Å². The lowest BCUT2D eigenvalue weighted by Crippen LogP contribution is -2.41. The van der Waals surface area contributed by atoms with E-state index in [1.807, 2.05) is 6.07 Å². The van der Waals surface area contributed by atoms with Gasteiger partial charge in [-0.15, -0.1) is 0 Å². The minimum atomic E-state index is -0.711. The number of nitrogens with zero attached hydrogens (tertiary/aromatic N) is 1. The number of amides is 1. The van der Waals surface area contributed by atoms with E-state index < -0.39 is 12.0 Å². The zero-order valence-corrected chi connectivity index (χ0v) is 12.5. The van der Waals surface area contributed by atoms with E-state index in [4.69, 9.17) is 16.9 Å². The van der Waals surface area contributed by atoms with Crippen LogP contribution >= 0.6 is 11.6 Å². The number of halogens is 1. The van der Waals surface area contributed by atoms with E-state index in [1.165, 1.54) is 7.11 Å². The maximum Gasteiger partial charge on any atom is 0.328 e. The second-order valence-electron chi connectivity index (χ2n) is 4.46. The molecular weight excluding hydrogens is 292 g/mol. The van der Waals surface area contributed by atoms with Crippen LogP contribution in [0.4, 0.5) is 0 Å². The molecule has 0 heterocycles. The van der Waals surface area contributed by atoms with E-state index in [1.54, 1.807) is 24.3 Å². The van der Waals surface area contributed by atoms with Crippen molar-refractivity contribution in [3.63, 3.8) is 0 Å². The molecule has 0 saturated carbocycles. The third-order valence-corrected chi connectivity index (χ3v) is 3.18. The van der Waals surface area contributed by atoms with Gasteiger partial charge in [-0.3, -0.25) is 4.79 Å². The van der Waals surface area contributed by atoms with Gasteiger partial charge in [0.15, 0.2) is 0 Å². The SMILES string of the molecule is COC(=O)[C@@H](CCCCC#N)NC(=O)c1ccc(Cl)cc1. The number of hydrogen-bond donors (Lipinski definition) is 1. The number of hydrogen-bond acceptors (Lipinski definition) is 4. The Hall–Kier alpha value is -2.06. The summed E-state index contributed by atoms with van der Waals surface area (Å²) in [6, 6.07) is 7.71. The van der Waals surface area contributed by atoms with Crippen molar-refractivity contribution in [2.45, 2.75) is 31.7 Å². The van der Waals surface area contributed by atoms with Crippen molar-refractivity contribution < 1.29 is 14.3 Å². The predicted molar refractivity (Wildman–Crippen MR) is 78.8 cm³/mol. The van der Waals surface area contributed by atoms with Crippen LogP contribution in [0.3, 0.4) is 0 Å². The van der Waals surface area contributed by atoms with Gasteiger partial charge >= 0.3 is 5.97 Å². The molecular formula is C15H17ClN2O3. The number of nitrogens with one attached hydrogen (secondary N) is 1. The van der Waals surface area contributed by atoms with Crippen molar-refractivity contribution in [3.05, 3.63) is 34.9 Å². The average Bonchev–Trinajstić information content (AvgIpc) is 2.50. The zero-order valence-electron chi connectivity index (χ0n) is 11.8. The number of rotatable bonds is 7. The molecule has 0 radical (unpaired) electrons. The predicted octanol–water partition coefficient (Wildman–Crippen LogP) is 2.70. The van der Waals surface area contributed by atoms with E-state index >= 15 is 0 Å². The fourth-order valence-electron chi connectivity index (χ4n) is 1.79. The van der Waals surface area contributed by atoms with Crippen LogP contribution in [-0.2, 0) is 9.53 Å². The fraction of sp³-hybridized carbons (Fsp3) is 0.400. The second kappa shape index (κ2) is 8.98. The Morgan fingerprint density at radius 1 is 1.33 bits per heavy atom. The summed E-state index contributed by atoms with van der Waals surface area (Å²) in [5, 5.41) is 11.7. The Kier molecular flexibility index (Phi) is 7.27. The van der Waals surface area contributed by atoms with Gasteiger partial charge in [0.1, 0.15) is 6.04 Å². The lowest BCUT2D eigenvalue weighted by molar-refractivity contribution is -0.143. The minimum absolute atomic E-state index is 0.359. The van der Waals surface area contributed by atoms with Crippen LogP contribution in [-0.4, -0.2) is 25.0 Å². The van der Waals surface area contributed by atoms with Crippen LogP contribution in [0.25, 0.3) is 0 Å². The molecule has 0 fully saturated rings. The number of esters is 1. The van der Waals surface area contributed by atoms with Crippen molar-refractivity contribution in [3.8, 4) is 6.07 Å². The largest absolute Gasteiger partial charge is 0.467 e. The van der Waals surface area contributed by atoms with E-state index in [9.17, 15) is 9.59 Å². The minimum Gasteiger partial charge on any atom is -0.467 e. The molecule has 0 saturated heterocycles. The number of unbranched alkanes of at least 4 members (excludes halogenated alkanes) is 2. The highest BCUT2D eigenvalue weighted by atomic mass is 35.5. The third-order valence-electron chi connectivity index (χ3n) is 2.93. The first-order valence-electron chi connectivity index (χ1n) is 6.59. The monoisotopic (exact) mass is 308 g/mol. The highest BCUT2D eigenvalue weighted by Gasteiger charge is 2.21. The Morgan fingerprint density at radius 2 is 2.00 bits per heavy atom. The molecule has 1 N–H and O–H groups in total. The number of nitriles is 1. The van der Waals surface area contributed by atoms with Crippen molar-refractivity contribution in [2.75, 3.05) is 7.11 Å². The molecule has 6 heteroatoms. The van der Waals surface area contributed by atoms with Gasteiger partial charge in [0, 0.05) is 17.0 Å². The summed E-state index contributed by atoms with van der Waals surface area (Å²) in [6.45, 7) is 0. The number of ether oxygens (including phenoxy) is 1. The molecule has 0 unspecified atom stereocenters. The Bertz CT molecular complexity index is 523. The molecule has 1 amide bonds. The van der Waals surface area contributed by atoms with E-state index in [2.05, 4.69) is 10.1 Å². The van der Waals surface area contributed by atoms with Gasteiger partial charge in [0.05, 0.1) is 13.2 Å². The summed E-state index contributed by atoms with van der Waals surface area (Å²) in [5.41, 5.74) is 0.422. The smallest absolute Gasteiger partial charge is 0.328 e. The van der Waals surface area contributed by atoms with Crippen LogP contribution in [0.5, 0.6) is 0 Å². The molecule has 112 valence electrons. The van der Waals surface area contributed by atoms with Crippen LogP contribution in [0, 0.1) is 11.3 Å². The van der Waals surface area contributed by atoms with Gasteiger partial charge in [-0.25, -0.2) is 4.79 Å². The van der Waals surface area contributed by atoms with Crippen LogP contribution in [0.15, 0.2) is 24.3 Å². The first-order chi connectivity index (χ1) is 10.1. The molecule has 1 aromatic rings. The molecule has 0 aromatic heterocycles. The third kappa shape index (κ3) is 5.84. The highest BCUT2D eigenvalue weighted by Crippen LogP contribution is 2.11. The van der Waals surface area contributed by atoms with Gasteiger partial charge in [0.2, 0.25) is 0 Å². The molecule has 0 aliphatic heterocycles. The quantitative estimate of drug-likeness (QED) is 0.620. The summed E-state index contributed by atoms with van der Waals surface area (Å²) in [7, 11) is 1.28. The van der Waals surface area contributed by atoms with E-state index in [-0.39, 0.29) is 5.91 Å². The average molecular weight is 309 g/mol. The lowest BCUT2D eigenvalue weighted by Gasteiger charge is -2.16. The summed E-state index contributed by atoms with van der Waals surface area (Å²) >= 11 is 5.76. The second-order valence-corrected chi connectivity index (χ2v) is 4.90.